The fraction of sp³-hybridized carbons (Fsp3) is 1.00. The number of hydrogen-bond acceptors (Lipinski definition) is 18. The van der Waals surface area contributed by atoms with E-state index in [4.69, 9.17) is 54.0 Å². The Bertz CT molecular complexity index is 1930. The predicted molar refractivity (Wildman–Crippen MR) is 352 cm³/mol. The molecule has 6 unspecified atom stereocenters. The predicted octanol–water partition coefficient (Wildman–Crippen LogP) is 12.0. The summed E-state index contributed by atoms with van der Waals surface area (Å²) < 4.78 is 145. The van der Waals surface area contributed by atoms with E-state index in [-0.39, 0.29) is 57.1 Å². The van der Waals surface area contributed by atoms with E-state index in [0.717, 1.165) is 199 Å². The molecule has 13 aliphatic rings. The molecule has 6 saturated heterocycles. The number of hydrogen-bond donors (Lipinski definition) is 0. The third kappa shape index (κ3) is 14.6. The molecule has 6 heterocycles. The van der Waals surface area contributed by atoms with E-state index in [0.29, 0.717) is 59.5 Å². The van der Waals surface area contributed by atoms with Gasteiger partial charge in [-0.2, -0.15) is 0 Å². The van der Waals surface area contributed by atoms with Crippen LogP contribution in [0.4, 0.5) is 0 Å². The van der Waals surface area contributed by atoms with Gasteiger partial charge in [0.15, 0.2) is 27.1 Å². The molecule has 4 bridgehead atoms. The monoisotopic (exact) mass is 1390 g/mol. The molecule has 13 fully saturated rings. The Morgan fingerprint density at radius 2 is 0.483 bits per heavy atom. The Hall–Kier alpha value is 1.45. The summed E-state index contributed by atoms with van der Waals surface area (Å²) in [6.45, 7) is 18.7. The van der Waals surface area contributed by atoms with Crippen LogP contribution in [-0.2, 0) is 78.7 Å². The molecular formula is C59H114O18Si10. The summed E-state index contributed by atoms with van der Waals surface area (Å²) in [5.41, 5.74) is -1.55. The molecule has 0 aromatic rings. The van der Waals surface area contributed by atoms with Crippen LogP contribution in [0.1, 0.15) is 199 Å². The first-order chi connectivity index (χ1) is 42.3. The normalized spacial score (nSPS) is 40.4. The molecule has 0 radical (unpaired) electrons. The summed E-state index contributed by atoms with van der Waals surface area (Å²) in [7, 11) is -32.9. The van der Waals surface area contributed by atoms with Crippen LogP contribution in [0.25, 0.3) is 0 Å². The molecule has 498 valence electrons. The van der Waals surface area contributed by atoms with Gasteiger partial charge in [0.05, 0.1) is 19.8 Å². The van der Waals surface area contributed by atoms with Crippen LogP contribution < -0.4 is 0 Å². The number of ether oxygens (including phenoxy) is 6. The average Bonchev–Trinajstić information content (AvgIpc) is 1.54. The van der Waals surface area contributed by atoms with Crippen molar-refractivity contribution in [3.63, 3.8) is 0 Å². The van der Waals surface area contributed by atoms with E-state index in [2.05, 4.69) is 39.3 Å². The molecule has 0 spiro atoms. The van der Waals surface area contributed by atoms with E-state index in [1.165, 1.54) is 0 Å². The fourth-order valence-corrected chi connectivity index (χ4v) is 70.7. The molecule has 7 aliphatic carbocycles. The van der Waals surface area contributed by atoms with Crippen molar-refractivity contribution in [1.29, 1.82) is 0 Å². The second-order valence-corrected chi connectivity index (χ2v) is 60.9. The largest absolute Gasteiger partial charge is 0.482 e. The molecule has 13 rings (SSSR count). The van der Waals surface area contributed by atoms with Gasteiger partial charge in [-0.15, -0.1) is 0 Å². The summed E-state index contributed by atoms with van der Waals surface area (Å²) in [6, 6.07) is 0. The van der Waals surface area contributed by atoms with Crippen molar-refractivity contribution in [2.45, 2.75) is 313 Å². The lowest BCUT2D eigenvalue weighted by molar-refractivity contribution is -0.0240. The van der Waals surface area contributed by atoms with Gasteiger partial charge in [0.25, 0.3) is 0 Å². The topological polar surface area (TPSA) is 176 Å². The zero-order valence-corrected chi connectivity index (χ0v) is 64.8. The number of fused-ring (bicyclic) bond motifs is 3. The average molecular weight is 1390 g/mol. The van der Waals surface area contributed by atoms with Gasteiger partial charge in [-0.05, 0) is 148 Å². The van der Waals surface area contributed by atoms with E-state index >= 15 is 0 Å². The van der Waals surface area contributed by atoms with E-state index in [1.807, 2.05) is 0 Å². The molecule has 6 atom stereocenters. The molecule has 18 nitrogen and oxygen atoms in total. The van der Waals surface area contributed by atoms with Crippen LogP contribution in [0.5, 0.6) is 0 Å². The van der Waals surface area contributed by atoms with Gasteiger partial charge in [0.1, 0.15) is 35.5 Å². The van der Waals surface area contributed by atoms with Crippen molar-refractivity contribution in [1.82, 2.24) is 0 Å². The zero-order valence-electron chi connectivity index (χ0n) is 54.4. The number of epoxide rings is 3. The Morgan fingerprint density at radius 3 is 0.678 bits per heavy atom. The van der Waals surface area contributed by atoms with Gasteiger partial charge in [-0.3, -0.25) is 0 Å². The zero-order chi connectivity index (χ0) is 59.7. The van der Waals surface area contributed by atoms with Crippen molar-refractivity contribution in [2.75, 3.05) is 59.5 Å². The minimum Gasteiger partial charge on any atom is -0.420 e. The highest BCUT2D eigenvalue weighted by Gasteiger charge is 2.85. The maximum atomic E-state index is 9.26. The molecule has 28 heteroatoms. The van der Waals surface area contributed by atoms with Gasteiger partial charge in [0, 0.05) is 78.4 Å². The van der Waals surface area contributed by atoms with Crippen molar-refractivity contribution >= 4 is 88.0 Å². The third-order valence-electron chi connectivity index (χ3n) is 22.2. The second-order valence-electron chi connectivity index (χ2n) is 29.7. The lowest BCUT2D eigenvalue weighted by atomic mass is 10.4. The molecular weight excluding hydrogens is 1280 g/mol. The van der Waals surface area contributed by atoms with E-state index in [1.54, 1.807) is 0 Å². The molecule has 0 amide bonds. The summed E-state index contributed by atoms with van der Waals surface area (Å²) >= 11 is 0. The molecule has 0 N–H and O–H groups in total. The maximum Gasteiger partial charge on any atom is 0.482 e. The quantitative estimate of drug-likeness (QED) is 0.0363. The third-order valence-corrected chi connectivity index (χ3v) is 61.7. The molecule has 6 aliphatic heterocycles. The lowest BCUT2D eigenvalue weighted by Gasteiger charge is -2.65. The Labute approximate surface area is 535 Å². The van der Waals surface area contributed by atoms with Crippen molar-refractivity contribution in [3.05, 3.63) is 0 Å². The van der Waals surface area contributed by atoms with Gasteiger partial charge in [-0.25, -0.2) is 0 Å². The van der Waals surface area contributed by atoms with Gasteiger partial charge < -0.3 is 78.7 Å². The summed E-state index contributed by atoms with van der Waals surface area (Å²) in [4.78, 5) is 0. The van der Waals surface area contributed by atoms with Crippen LogP contribution in [0.3, 0.4) is 0 Å². The Morgan fingerprint density at radius 1 is 0.287 bits per heavy atom. The first-order valence-electron chi connectivity index (χ1n) is 36.2. The molecule has 0 aromatic heterocycles. The van der Waals surface area contributed by atoms with Crippen LogP contribution >= 0.6 is 0 Å². The van der Waals surface area contributed by atoms with Crippen molar-refractivity contribution in [2.24, 2.45) is 0 Å². The van der Waals surface area contributed by atoms with Crippen LogP contribution in [0.15, 0.2) is 0 Å². The first-order valence-corrected chi connectivity index (χ1v) is 57.6. The summed E-state index contributed by atoms with van der Waals surface area (Å²) in [5, 5.41) is 0. The SMILES string of the molecule is C[SiH](C)OCCCOC(C1CO1)[Si]1(C2CCCC2)O[Si]2(C3CCCC3)O[Si]3(C4CCCC4)O[Si](C4CCCC4)(O1)O[Si](C1CCCC1)(C(OCCCO[SiH](C)C)C1CO1)O[Si](C1CCCC1)(O3)O[Si](C1CCCC1)(C(OCCCO[SiH](C)C)C1CO1)O2. The van der Waals surface area contributed by atoms with Gasteiger partial charge in [0.2, 0.25) is 0 Å². The van der Waals surface area contributed by atoms with E-state index < -0.39 is 105 Å². The first kappa shape index (κ1) is 67.0. The smallest absolute Gasteiger partial charge is 0.420 e. The van der Waals surface area contributed by atoms with Crippen LogP contribution in [0.2, 0.25) is 78.1 Å². The fourth-order valence-electron chi connectivity index (χ4n) is 17.8. The second kappa shape index (κ2) is 29.3. The lowest BCUT2D eigenvalue weighted by Crippen LogP contribution is -2.88. The highest BCUT2D eigenvalue weighted by atomic mass is 28.6. The van der Waals surface area contributed by atoms with E-state index in [9.17, 15) is 24.7 Å². The van der Waals surface area contributed by atoms with Crippen LogP contribution in [0, 0.1) is 0 Å². The van der Waals surface area contributed by atoms with Crippen molar-refractivity contribution in [3.8, 4) is 0 Å². The molecule has 0 aromatic carbocycles. The minimum atomic E-state index is -4.26. The molecule has 87 heavy (non-hydrogen) atoms. The number of rotatable bonds is 31. The Balaban J connectivity index is 1.10. The standard InChI is InChI=1S/C59H114O18Si10/c1-78(2)66-41-21-38-60-57(54-44-63-54)81(47-24-7-8-25-47)69-84(50-30-13-14-31-50)71-82(48-26-9-10-27-48,58(55-45-64-55)61-39-22-42-67-79(3)4)73-86(52-34-17-18-35-52)74-83(49-28-11-12-29-49,59(56-46-65-56)62-40-23-43-68-80(5)6)72-85(70-81,51-32-15-16-33-51)76-87(75-84,77-86)53-36-19-20-37-53/h47-59,78-80H,7-46H2,1-6H3. The summed E-state index contributed by atoms with van der Waals surface area (Å²) in [6.07, 6.45) is 29.9. The summed E-state index contributed by atoms with van der Waals surface area (Å²) in [5.74, 6) is 0. The maximum absolute atomic E-state index is 9.26. The molecule has 7 saturated carbocycles. The minimum absolute atomic E-state index is 0.0316. The van der Waals surface area contributed by atoms with Gasteiger partial charge >= 0.3 is 60.9 Å². The van der Waals surface area contributed by atoms with Crippen molar-refractivity contribution < 1.29 is 78.7 Å². The van der Waals surface area contributed by atoms with Crippen LogP contribution in [-0.4, -0.2) is 183 Å². The van der Waals surface area contributed by atoms with Gasteiger partial charge in [-0.1, -0.05) is 89.9 Å². The Kier molecular flexibility index (Phi) is 22.5. The highest BCUT2D eigenvalue weighted by Crippen LogP contribution is 2.65. The highest BCUT2D eigenvalue weighted by molar-refractivity contribution is 7.02.